The number of hydrogen-bond donors (Lipinski definition) is 1. The molecule has 2 aromatic carbocycles. The zero-order valence-corrected chi connectivity index (χ0v) is 15.9. The topological polar surface area (TPSA) is 54.9 Å². The molecule has 0 amide bonds. The summed E-state index contributed by atoms with van der Waals surface area (Å²) in [7, 11) is 0. The number of nitrogens with zero attached hydrogens (tertiary/aromatic N) is 2. The summed E-state index contributed by atoms with van der Waals surface area (Å²) in [5.74, 6) is 0.107. The first-order chi connectivity index (χ1) is 12.0. The number of Topliss-reactive ketones (excluding diaryl/α,β-unsaturated/α-hetero) is 1. The van der Waals surface area contributed by atoms with Crippen molar-refractivity contribution in [3.05, 3.63) is 65.2 Å². The van der Waals surface area contributed by atoms with E-state index in [1.165, 1.54) is 28.7 Å². The first-order valence-electron chi connectivity index (χ1n) is 7.93. The molecular weight excluding hydrogens is 350 g/mol. The lowest BCUT2D eigenvalue weighted by Crippen LogP contribution is -2.04. The van der Waals surface area contributed by atoms with E-state index in [0.717, 1.165) is 26.3 Å². The van der Waals surface area contributed by atoms with Gasteiger partial charge in [-0.25, -0.2) is 0 Å². The van der Waals surface area contributed by atoms with E-state index in [2.05, 4.69) is 41.5 Å². The maximum atomic E-state index is 12.0. The minimum absolute atomic E-state index is 0.107. The Morgan fingerprint density at radius 1 is 1.12 bits per heavy atom. The van der Waals surface area contributed by atoms with E-state index in [-0.39, 0.29) is 11.0 Å². The number of carbonyl (C=O) groups is 1. The summed E-state index contributed by atoms with van der Waals surface area (Å²) in [6.45, 7) is 5.75. The molecule has 25 heavy (non-hydrogen) atoms. The highest BCUT2D eigenvalue weighted by molar-refractivity contribution is 8.01. The Balaban J connectivity index is 1.75. The minimum Gasteiger partial charge on any atom is -0.330 e. The number of benzene rings is 2. The lowest BCUT2D eigenvalue weighted by molar-refractivity contribution is -0.116. The Labute approximate surface area is 155 Å². The van der Waals surface area contributed by atoms with Crippen LogP contribution in [0.4, 0.5) is 10.8 Å². The number of ketones is 1. The van der Waals surface area contributed by atoms with Gasteiger partial charge in [-0.3, -0.25) is 4.79 Å². The van der Waals surface area contributed by atoms with Crippen LogP contribution in [-0.4, -0.2) is 16.0 Å². The zero-order valence-electron chi connectivity index (χ0n) is 14.3. The molecule has 1 atom stereocenters. The predicted molar refractivity (Wildman–Crippen MR) is 105 cm³/mol. The molecule has 0 fully saturated rings. The molecule has 3 rings (SSSR count). The fourth-order valence-electron chi connectivity index (χ4n) is 2.49. The highest BCUT2D eigenvalue weighted by Crippen LogP contribution is 2.38. The first-order valence-corrected chi connectivity index (χ1v) is 9.62. The molecule has 128 valence electrons. The van der Waals surface area contributed by atoms with Crippen molar-refractivity contribution in [1.29, 1.82) is 0 Å². The molecule has 0 aliphatic rings. The monoisotopic (exact) mass is 369 g/mol. The van der Waals surface area contributed by atoms with Crippen LogP contribution in [0.25, 0.3) is 0 Å². The molecule has 0 saturated heterocycles. The van der Waals surface area contributed by atoms with E-state index in [9.17, 15) is 4.79 Å². The third-order valence-corrected chi connectivity index (χ3v) is 6.02. The quantitative estimate of drug-likeness (QED) is 0.596. The third-order valence-electron chi connectivity index (χ3n) is 3.72. The van der Waals surface area contributed by atoms with E-state index >= 15 is 0 Å². The van der Waals surface area contributed by atoms with Gasteiger partial charge in [-0.2, -0.15) is 0 Å². The van der Waals surface area contributed by atoms with Gasteiger partial charge in [0.25, 0.3) is 0 Å². The summed E-state index contributed by atoms with van der Waals surface area (Å²) >= 11 is 2.90. The van der Waals surface area contributed by atoms with E-state index < -0.39 is 0 Å². The lowest BCUT2D eigenvalue weighted by atomic mass is 10.1. The van der Waals surface area contributed by atoms with Gasteiger partial charge in [-0.1, -0.05) is 71.1 Å². The van der Waals surface area contributed by atoms with Crippen LogP contribution in [0.1, 0.15) is 28.9 Å². The number of aromatic nitrogens is 2. The van der Waals surface area contributed by atoms with Crippen LogP contribution in [0.15, 0.2) is 52.9 Å². The standard InChI is InChI=1S/C19H19N3OS2/c1-12-9-10-16(13(2)11-12)20-18-21-22-19(25-18)24-17(14(3)23)15-7-5-4-6-8-15/h4-11,17H,1-3H3,(H,20,21)/t17-/m1/s1. The molecule has 3 aromatic rings. The molecule has 1 heterocycles. The van der Waals surface area contributed by atoms with E-state index in [1.807, 2.05) is 36.4 Å². The Hall–Kier alpha value is -2.18. The van der Waals surface area contributed by atoms with Gasteiger partial charge in [-0.15, -0.1) is 10.2 Å². The number of carbonyl (C=O) groups excluding carboxylic acids is 1. The van der Waals surface area contributed by atoms with Gasteiger partial charge in [0.15, 0.2) is 4.34 Å². The smallest absolute Gasteiger partial charge is 0.210 e. The van der Waals surface area contributed by atoms with Gasteiger partial charge in [0.05, 0.1) is 5.25 Å². The SMILES string of the molecule is CC(=O)[C@@H](Sc1nnc(Nc2ccc(C)cc2C)s1)c1ccccc1. The molecule has 0 saturated carbocycles. The number of hydrogen-bond acceptors (Lipinski definition) is 6. The van der Waals surface area contributed by atoms with Crippen LogP contribution in [-0.2, 0) is 4.79 Å². The minimum atomic E-state index is -0.261. The van der Waals surface area contributed by atoms with Crippen molar-refractivity contribution in [2.75, 3.05) is 5.32 Å². The summed E-state index contributed by atoms with van der Waals surface area (Å²) in [6, 6.07) is 16.0. The highest BCUT2D eigenvalue weighted by atomic mass is 32.2. The van der Waals surface area contributed by atoms with Crippen LogP contribution < -0.4 is 5.32 Å². The van der Waals surface area contributed by atoms with Crippen molar-refractivity contribution in [2.45, 2.75) is 30.4 Å². The van der Waals surface area contributed by atoms with Crippen molar-refractivity contribution in [3.63, 3.8) is 0 Å². The number of anilines is 2. The second-order valence-corrected chi connectivity index (χ2v) is 8.17. The second-order valence-electron chi connectivity index (χ2n) is 5.84. The summed E-state index contributed by atoms with van der Waals surface area (Å²) in [6.07, 6.45) is 0. The molecule has 1 N–H and O–H groups in total. The van der Waals surface area contributed by atoms with Crippen molar-refractivity contribution in [3.8, 4) is 0 Å². The van der Waals surface area contributed by atoms with E-state index in [1.54, 1.807) is 6.92 Å². The molecule has 6 heteroatoms. The molecule has 0 bridgehead atoms. The Morgan fingerprint density at radius 2 is 1.88 bits per heavy atom. The van der Waals surface area contributed by atoms with Gasteiger partial charge in [-0.05, 0) is 38.0 Å². The van der Waals surface area contributed by atoms with Crippen molar-refractivity contribution in [1.82, 2.24) is 10.2 Å². The van der Waals surface area contributed by atoms with Gasteiger partial charge in [0.1, 0.15) is 5.78 Å². The average Bonchev–Trinajstić information content (AvgIpc) is 3.03. The number of nitrogens with one attached hydrogen (secondary N) is 1. The number of aryl methyl sites for hydroxylation is 2. The van der Waals surface area contributed by atoms with E-state index in [0.29, 0.717) is 0 Å². The van der Waals surface area contributed by atoms with E-state index in [4.69, 9.17) is 0 Å². The van der Waals surface area contributed by atoms with Crippen LogP contribution in [0.5, 0.6) is 0 Å². The normalized spacial score (nSPS) is 12.0. The average molecular weight is 370 g/mol. The largest absolute Gasteiger partial charge is 0.330 e. The summed E-state index contributed by atoms with van der Waals surface area (Å²) in [4.78, 5) is 12.0. The Bertz CT molecular complexity index is 877. The molecule has 1 aromatic heterocycles. The number of rotatable bonds is 6. The fraction of sp³-hybridized carbons (Fsp3) is 0.211. The van der Waals surface area contributed by atoms with Crippen LogP contribution in [0.3, 0.4) is 0 Å². The van der Waals surface area contributed by atoms with Crippen LogP contribution in [0, 0.1) is 13.8 Å². The zero-order chi connectivity index (χ0) is 17.8. The summed E-state index contributed by atoms with van der Waals surface area (Å²) in [5, 5.41) is 12.2. The summed E-state index contributed by atoms with van der Waals surface area (Å²) < 4.78 is 0.774. The van der Waals surface area contributed by atoms with Crippen LogP contribution in [0.2, 0.25) is 0 Å². The van der Waals surface area contributed by atoms with Crippen molar-refractivity contribution in [2.24, 2.45) is 0 Å². The molecule has 0 unspecified atom stereocenters. The predicted octanol–water partition coefficient (Wildman–Crippen LogP) is 5.32. The fourth-order valence-corrected chi connectivity index (χ4v) is 4.45. The maximum absolute atomic E-state index is 12.0. The lowest BCUT2D eigenvalue weighted by Gasteiger charge is -2.11. The Morgan fingerprint density at radius 3 is 2.56 bits per heavy atom. The third kappa shape index (κ3) is 4.46. The highest BCUT2D eigenvalue weighted by Gasteiger charge is 2.20. The van der Waals surface area contributed by atoms with Crippen molar-refractivity contribution >= 4 is 39.7 Å². The van der Waals surface area contributed by atoms with Gasteiger partial charge in [0, 0.05) is 5.69 Å². The Kier molecular flexibility index (Phi) is 5.50. The van der Waals surface area contributed by atoms with Crippen LogP contribution >= 0.6 is 23.1 Å². The van der Waals surface area contributed by atoms with Gasteiger partial charge < -0.3 is 5.32 Å². The molecule has 0 aliphatic heterocycles. The molecule has 0 aliphatic carbocycles. The molecule has 0 spiro atoms. The van der Waals surface area contributed by atoms with Gasteiger partial charge in [0.2, 0.25) is 5.13 Å². The van der Waals surface area contributed by atoms with Crippen molar-refractivity contribution < 1.29 is 4.79 Å². The molecular formula is C19H19N3OS2. The first kappa shape index (κ1) is 17.6. The summed E-state index contributed by atoms with van der Waals surface area (Å²) in [5.41, 5.74) is 4.39. The second kappa shape index (κ2) is 7.80. The molecule has 0 radical (unpaired) electrons. The molecule has 4 nitrogen and oxygen atoms in total. The number of thioether (sulfide) groups is 1. The van der Waals surface area contributed by atoms with Gasteiger partial charge >= 0.3 is 0 Å². The maximum Gasteiger partial charge on any atom is 0.210 e.